The first-order valence-electron chi connectivity index (χ1n) is 10.1. The zero-order valence-corrected chi connectivity index (χ0v) is 19.3. The number of rotatable bonds is 7. The topological polar surface area (TPSA) is 122 Å². The molecule has 1 aliphatic carbocycles. The highest BCUT2D eigenvalue weighted by atomic mass is 35.5. The largest absolute Gasteiger partial charge is 0.354 e. The molecule has 0 saturated heterocycles. The van der Waals surface area contributed by atoms with E-state index in [0.717, 1.165) is 12.8 Å². The van der Waals surface area contributed by atoms with Crippen LogP contribution in [0, 0.1) is 11.7 Å². The van der Waals surface area contributed by atoms with Crippen molar-refractivity contribution in [2.45, 2.75) is 38.6 Å². The Kier molecular flexibility index (Phi) is 7.52. The van der Waals surface area contributed by atoms with Crippen molar-refractivity contribution in [2.75, 3.05) is 5.75 Å². The second-order valence-corrected chi connectivity index (χ2v) is 10.2. The van der Waals surface area contributed by atoms with Crippen molar-refractivity contribution in [3.63, 3.8) is 0 Å². The van der Waals surface area contributed by atoms with E-state index in [-0.39, 0.29) is 28.6 Å². The quantitative estimate of drug-likeness (QED) is 0.518. The zero-order valence-electron chi connectivity index (χ0n) is 17.7. The Morgan fingerprint density at radius 3 is 2.72 bits per heavy atom. The fourth-order valence-corrected chi connectivity index (χ4v) is 5.34. The standard InChI is InChI=1S/C20H25ClFN5O4S/c1-12(28)24-15-5-3-4-13(6-15)10-32(30,31)26-25-20(29)16-7-14(8-17(21)19(16)22)18-9-27(2)11-23-18/h7-9,11,13,15,26H,3-6,10H2,1-2H3,(H,24,28)(H,25,29). The summed E-state index contributed by atoms with van der Waals surface area (Å²) in [5.74, 6) is -2.49. The summed E-state index contributed by atoms with van der Waals surface area (Å²) in [7, 11) is -2.13. The molecular weight excluding hydrogens is 461 g/mol. The van der Waals surface area contributed by atoms with Gasteiger partial charge in [-0.25, -0.2) is 17.8 Å². The van der Waals surface area contributed by atoms with Gasteiger partial charge in [0.1, 0.15) is 0 Å². The van der Waals surface area contributed by atoms with Crippen LogP contribution in [0.2, 0.25) is 5.02 Å². The van der Waals surface area contributed by atoms with Gasteiger partial charge in [-0.1, -0.05) is 18.0 Å². The van der Waals surface area contributed by atoms with Crippen molar-refractivity contribution in [3.8, 4) is 11.3 Å². The van der Waals surface area contributed by atoms with Gasteiger partial charge in [-0.05, 0) is 37.3 Å². The molecule has 32 heavy (non-hydrogen) atoms. The molecule has 1 fully saturated rings. The van der Waals surface area contributed by atoms with E-state index in [0.29, 0.717) is 24.1 Å². The molecule has 3 N–H and O–H groups in total. The third kappa shape index (κ3) is 6.27. The lowest BCUT2D eigenvalue weighted by atomic mass is 9.87. The van der Waals surface area contributed by atoms with E-state index in [9.17, 15) is 22.4 Å². The van der Waals surface area contributed by atoms with Crippen molar-refractivity contribution in [2.24, 2.45) is 13.0 Å². The van der Waals surface area contributed by atoms with Gasteiger partial charge in [0.2, 0.25) is 15.9 Å². The second kappa shape index (κ2) is 9.97. The summed E-state index contributed by atoms with van der Waals surface area (Å²) in [5, 5.41) is 2.53. The van der Waals surface area contributed by atoms with Gasteiger partial charge >= 0.3 is 0 Å². The van der Waals surface area contributed by atoms with Gasteiger partial charge in [0.25, 0.3) is 5.91 Å². The Balaban J connectivity index is 1.65. The van der Waals surface area contributed by atoms with Gasteiger partial charge in [0.15, 0.2) is 5.82 Å². The average Bonchev–Trinajstić information content (AvgIpc) is 3.14. The van der Waals surface area contributed by atoms with E-state index < -0.39 is 27.3 Å². The molecule has 174 valence electrons. The predicted octanol–water partition coefficient (Wildman–Crippen LogP) is 2.14. The van der Waals surface area contributed by atoms with Crippen LogP contribution >= 0.6 is 11.6 Å². The number of nitrogens with zero attached hydrogens (tertiary/aromatic N) is 2. The number of hydrogen-bond donors (Lipinski definition) is 3. The second-order valence-electron chi connectivity index (χ2n) is 8.01. The molecule has 0 bridgehead atoms. The van der Waals surface area contributed by atoms with Crippen molar-refractivity contribution in [3.05, 3.63) is 41.1 Å². The maximum atomic E-state index is 14.5. The van der Waals surface area contributed by atoms with Gasteiger partial charge in [-0.15, -0.1) is 4.83 Å². The average molecular weight is 486 g/mol. The molecule has 0 aliphatic heterocycles. The van der Waals surface area contributed by atoms with E-state index in [1.807, 2.05) is 4.83 Å². The van der Waals surface area contributed by atoms with E-state index in [4.69, 9.17) is 11.6 Å². The number of amides is 2. The van der Waals surface area contributed by atoms with Gasteiger partial charge in [0, 0.05) is 31.8 Å². The number of carbonyl (C=O) groups excluding carboxylic acids is 2. The zero-order chi connectivity index (χ0) is 23.5. The molecular formula is C20H25ClFN5O4S. The fourth-order valence-electron chi connectivity index (χ4n) is 3.87. The Labute approximate surface area is 190 Å². The number of halogens is 2. The van der Waals surface area contributed by atoms with Crippen LogP contribution in [-0.2, 0) is 21.9 Å². The number of aryl methyl sites for hydroxylation is 1. The van der Waals surface area contributed by atoms with Crippen molar-refractivity contribution < 1.29 is 22.4 Å². The molecule has 9 nitrogen and oxygen atoms in total. The molecule has 2 atom stereocenters. The van der Waals surface area contributed by atoms with Gasteiger partial charge in [-0.3, -0.25) is 15.0 Å². The highest BCUT2D eigenvalue weighted by molar-refractivity contribution is 7.89. The third-order valence-electron chi connectivity index (χ3n) is 5.24. The summed E-state index contributed by atoms with van der Waals surface area (Å²) in [5.41, 5.74) is 2.54. The molecule has 2 amide bonds. The minimum Gasteiger partial charge on any atom is -0.354 e. The number of hydrogen-bond acceptors (Lipinski definition) is 5. The minimum absolute atomic E-state index is 0.0679. The van der Waals surface area contributed by atoms with Crippen LogP contribution in [0.3, 0.4) is 0 Å². The molecule has 1 saturated carbocycles. The van der Waals surface area contributed by atoms with E-state index in [1.54, 1.807) is 24.1 Å². The van der Waals surface area contributed by atoms with Gasteiger partial charge in [0.05, 0.1) is 28.4 Å². The Morgan fingerprint density at radius 1 is 1.31 bits per heavy atom. The number of carbonyl (C=O) groups is 2. The Hall–Kier alpha value is -2.50. The summed E-state index contributed by atoms with van der Waals surface area (Å²) >= 11 is 5.93. The summed E-state index contributed by atoms with van der Waals surface area (Å²) in [6.07, 6.45) is 6.04. The first-order valence-corrected chi connectivity index (χ1v) is 12.1. The summed E-state index contributed by atoms with van der Waals surface area (Å²) in [6.45, 7) is 1.42. The fraction of sp³-hybridized carbons (Fsp3) is 0.450. The number of imidazole rings is 1. The first-order chi connectivity index (χ1) is 15.0. The van der Waals surface area contributed by atoms with Crippen molar-refractivity contribution in [1.82, 2.24) is 25.1 Å². The number of benzene rings is 1. The lowest BCUT2D eigenvalue weighted by Gasteiger charge is -2.29. The molecule has 1 aromatic heterocycles. The number of sulfonamides is 1. The molecule has 12 heteroatoms. The lowest BCUT2D eigenvalue weighted by molar-refractivity contribution is -0.119. The maximum absolute atomic E-state index is 14.5. The lowest BCUT2D eigenvalue weighted by Crippen LogP contribution is -2.45. The van der Waals surface area contributed by atoms with Crippen LogP contribution in [0.25, 0.3) is 11.3 Å². The Bertz CT molecular complexity index is 1120. The number of hydrazine groups is 1. The molecule has 2 aromatic rings. The monoisotopic (exact) mass is 485 g/mol. The highest BCUT2D eigenvalue weighted by Crippen LogP contribution is 2.27. The van der Waals surface area contributed by atoms with Crippen LogP contribution in [0.5, 0.6) is 0 Å². The number of nitrogens with one attached hydrogen (secondary N) is 3. The summed E-state index contributed by atoms with van der Waals surface area (Å²) in [4.78, 5) is 29.9. The van der Waals surface area contributed by atoms with Gasteiger partial charge in [-0.2, -0.15) is 0 Å². The normalized spacial score (nSPS) is 18.9. The van der Waals surface area contributed by atoms with Crippen LogP contribution in [0.15, 0.2) is 24.7 Å². The van der Waals surface area contributed by atoms with E-state index >= 15 is 0 Å². The van der Waals surface area contributed by atoms with Crippen molar-refractivity contribution in [1.29, 1.82) is 0 Å². The molecule has 1 aliphatic rings. The van der Waals surface area contributed by atoms with Crippen LogP contribution < -0.4 is 15.6 Å². The Morgan fingerprint density at radius 2 is 2.06 bits per heavy atom. The predicted molar refractivity (Wildman–Crippen MR) is 118 cm³/mol. The molecule has 0 radical (unpaired) electrons. The number of aromatic nitrogens is 2. The molecule has 3 rings (SSSR count). The molecule has 1 aromatic carbocycles. The van der Waals surface area contributed by atoms with Gasteiger partial charge < -0.3 is 9.88 Å². The van der Waals surface area contributed by atoms with E-state index in [2.05, 4.69) is 15.7 Å². The SMILES string of the molecule is CC(=O)NC1CCCC(CS(=O)(=O)NNC(=O)c2cc(-c3cn(C)cn3)cc(Cl)c2F)C1. The molecule has 1 heterocycles. The van der Waals surface area contributed by atoms with E-state index in [1.165, 1.54) is 19.1 Å². The summed E-state index contributed by atoms with van der Waals surface area (Å²) in [6, 6.07) is 2.53. The van der Waals surface area contributed by atoms with Crippen LogP contribution in [-0.4, -0.2) is 41.6 Å². The first kappa shape index (κ1) is 24.1. The molecule has 2 unspecified atom stereocenters. The highest BCUT2D eigenvalue weighted by Gasteiger charge is 2.27. The van der Waals surface area contributed by atoms with Crippen LogP contribution in [0.1, 0.15) is 43.0 Å². The van der Waals surface area contributed by atoms with Crippen molar-refractivity contribution >= 4 is 33.4 Å². The summed E-state index contributed by atoms with van der Waals surface area (Å²) < 4.78 is 41.1. The maximum Gasteiger partial charge on any atom is 0.269 e. The van der Waals surface area contributed by atoms with Crippen LogP contribution in [0.4, 0.5) is 4.39 Å². The molecule has 0 spiro atoms. The minimum atomic E-state index is -3.88. The third-order valence-corrected chi connectivity index (χ3v) is 6.84. The smallest absolute Gasteiger partial charge is 0.269 e.